The molecule has 0 unspecified atom stereocenters. The molecule has 2 aromatic carbocycles. The Balaban J connectivity index is 1.63. The van der Waals surface area contributed by atoms with Crippen molar-refractivity contribution in [3.8, 4) is 0 Å². The smallest absolute Gasteiger partial charge is 0.417 e. The second-order valence-electron chi connectivity index (χ2n) is 9.80. The lowest BCUT2D eigenvalue weighted by Crippen LogP contribution is -2.46. The van der Waals surface area contributed by atoms with Gasteiger partial charge in [-0.25, -0.2) is 14.5 Å². The molecule has 1 heterocycles. The number of amides is 3. The zero-order valence-electron chi connectivity index (χ0n) is 20.3. The Morgan fingerprint density at radius 3 is 2.26 bits per heavy atom. The fourth-order valence-electron chi connectivity index (χ4n) is 4.70. The summed E-state index contributed by atoms with van der Waals surface area (Å²) >= 11 is 0. The van der Waals surface area contributed by atoms with Gasteiger partial charge in [0.15, 0.2) is 0 Å². The third-order valence-corrected chi connectivity index (χ3v) is 6.23. The minimum absolute atomic E-state index is 0.182. The van der Waals surface area contributed by atoms with E-state index in [1.54, 1.807) is 17.9 Å². The second-order valence-corrected chi connectivity index (χ2v) is 9.80. The van der Waals surface area contributed by atoms with Gasteiger partial charge in [-0.15, -0.1) is 0 Å². The molecule has 0 saturated carbocycles. The summed E-state index contributed by atoms with van der Waals surface area (Å²) in [6.07, 6.45) is 0.764. The Morgan fingerprint density at radius 1 is 1.00 bits per heavy atom. The molecule has 0 fully saturated rings. The molecular weight excluding hydrogens is 432 g/mol. The van der Waals surface area contributed by atoms with Crippen LogP contribution in [0.5, 0.6) is 0 Å². The van der Waals surface area contributed by atoms with Gasteiger partial charge in [0.2, 0.25) is 0 Å². The molecule has 0 radical (unpaired) electrons. The lowest BCUT2D eigenvalue weighted by Gasteiger charge is -2.33. The standard InChI is InChI=1S/C27H32N2O5/c1-5-33-26(32)29(21-15-19-9-6-7-10-20(19)16-21)24(30)22-12-8-11-18-13-14-28(17-23(18)22)25(31)34-27(2,3)4/h6-12,21H,5,13-17H2,1-4H3. The van der Waals surface area contributed by atoms with Crippen molar-refractivity contribution in [2.45, 2.75) is 65.1 Å². The van der Waals surface area contributed by atoms with E-state index in [1.807, 2.05) is 57.2 Å². The second kappa shape index (κ2) is 9.49. The van der Waals surface area contributed by atoms with Crippen LogP contribution in [0.25, 0.3) is 0 Å². The number of carbonyl (C=O) groups excluding carboxylic acids is 3. The quantitative estimate of drug-likeness (QED) is 0.656. The molecule has 180 valence electrons. The SMILES string of the molecule is CCOC(=O)N(C(=O)c1cccc2c1CN(C(=O)OC(C)(C)C)CC2)C1Cc2ccccc2C1. The number of carbonyl (C=O) groups is 3. The van der Waals surface area contributed by atoms with Gasteiger partial charge in [0.1, 0.15) is 5.60 Å². The molecular formula is C27H32N2O5. The number of benzene rings is 2. The van der Waals surface area contributed by atoms with E-state index in [0.29, 0.717) is 31.4 Å². The predicted octanol–water partition coefficient (Wildman–Crippen LogP) is 4.75. The Hall–Kier alpha value is -3.35. The van der Waals surface area contributed by atoms with Crippen molar-refractivity contribution in [3.05, 3.63) is 70.3 Å². The van der Waals surface area contributed by atoms with E-state index in [9.17, 15) is 14.4 Å². The number of hydrogen-bond donors (Lipinski definition) is 0. The molecule has 7 heteroatoms. The van der Waals surface area contributed by atoms with Crippen LogP contribution in [0.15, 0.2) is 42.5 Å². The molecule has 0 bridgehead atoms. The maximum atomic E-state index is 13.9. The van der Waals surface area contributed by atoms with E-state index in [4.69, 9.17) is 9.47 Å². The number of fused-ring (bicyclic) bond motifs is 2. The molecule has 7 nitrogen and oxygen atoms in total. The molecule has 2 aliphatic rings. The van der Waals surface area contributed by atoms with E-state index in [0.717, 1.165) is 22.3 Å². The highest BCUT2D eigenvalue weighted by Gasteiger charge is 2.37. The number of imide groups is 1. The third-order valence-electron chi connectivity index (χ3n) is 6.23. The summed E-state index contributed by atoms with van der Waals surface area (Å²) in [4.78, 5) is 42.4. The zero-order valence-corrected chi connectivity index (χ0v) is 20.3. The molecule has 0 N–H and O–H groups in total. The molecule has 0 aromatic heterocycles. The van der Waals surface area contributed by atoms with Gasteiger partial charge in [0.25, 0.3) is 5.91 Å². The average molecular weight is 465 g/mol. The summed E-state index contributed by atoms with van der Waals surface area (Å²) in [5, 5.41) is 0. The lowest BCUT2D eigenvalue weighted by molar-refractivity contribution is 0.0221. The highest BCUT2D eigenvalue weighted by atomic mass is 16.6. The maximum absolute atomic E-state index is 13.9. The summed E-state index contributed by atoms with van der Waals surface area (Å²) in [7, 11) is 0. The minimum Gasteiger partial charge on any atom is -0.449 e. The largest absolute Gasteiger partial charge is 0.449 e. The first-order valence-electron chi connectivity index (χ1n) is 11.8. The lowest BCUT2D eigenvalue weighted by atomic mass is 9.94. The molecule has 0 saturated heterocycles. The highest BCUT2D eigenvalue weighted by Crippen LogP contribution is 2.30. The molecule has 3 amide bonds. The first-order valence-corrected chi connectivity index (χ1v) is 11.8. The summed E-state index contributed by atoms with van der Waals surface area (Å²) < 4.78 is 10.8. The van der Waals surface area contributed by atoms with E-state index < -0.39 is 17.8 Å². The summed E-state index contributed by atoms with van der Waals surface area (Å²) in [6, 6.07) is 13.2. The molecule has 1 aliphatic carbocycles. The summed E-state index contributed by atoms with van der Waals surface area (Å²) in [5.41, 5.74) is 3.86. The number of hydrogen-bond acceptors (Lipinski definition) is 5. The van der Waals surface area contributed by atoms with Crippen LogP contribution in [0.3, 0.4) is 0 Å². The van der Waals surface area contributed by atoms with Crippen molar-refractivity contribution in [1.29, 1.82) is 0 Å². The van der Waals surface area contributed by atoms with Crippen LogP contribution in [-0.4, -0.2) is 52.7 Å². The number of nitrogens with zero attached hydrogens (tertiary/aromatic N) is 2. The van der Waals surface area contributed by atoms with Crippen LogP contribution < -0.4 is 0 Å². The Labute approximate surface area is 200 Å². The van der Waals surface area contributed by atoms with Gasteiger partial charge in [0.05, 0.1) is 19.2 Å². The van der Waals surface area contributed by atoms with Crippen molar-refractivity contribution in [1.82, 2.24) is 9.80 Å². The van der Waals surface area contributed by atoms with Crippen molar-refractivity contribution in [2.75, 3.05) is 13.2 Å². The van der Waals surface area contributed by atoms with Crippen molar-refractivity contribution < 1.29 is 23.9 Å². The average Bonchev–Trinajstić information content (AvgIpc) is 3.21. The Bertz CT molecular complexity index is 1080. The molecule has 1 aliphatic heterocycles. The Kier molecular flexibility index (Phi) is 6.64. The van der Waals surface area contributed by atoms with Gasteiger partial charge in [-0.2, -0.15) is 0 Å². The van der Waals surface area contributed by atoms with E-state index in [2.05, 4.69) is 0 Å². The molecule has 0 atom stereocenters. The van der Waals surface area contributed by atoms with E-state index in [1.165, 1.54) is 4.90 Å². The fourth-order valence-corrected chi connectivity index (χ4v) is 4.70. The van der Waals surface area contributed by atoms with Crippen LogP contribution in [0.1, 0.15) is 60.3 Å². The highest BCUT2D eigenvalue weighted by molar-refractivity contribution is 6.04. The summed E-state index contributed by atoms with van der Waals surface area (Å²) in [5.74, 6) is -0.390. The number of ether oxygens (including phenoxy) is 2. The van der Waals surface area contributed by atoms with Crippen LogP contribution in [0.4, 0.5) is 9.59 Å². The Morgan fingerprint density at radius 2 is 1.65 bits per heavy atom. The molecule has 4 rings (SSSR count). The van der Waals surface area contributed by atoms with Crippen LogP contribution in [0, 0.1) is 0 Å². The van der Waals surface area contributed by atoms with Gasteiger partial charge in [0, 0.05) is 12.1 Å². The van der Waals surface area contributed by atoms with E-state index in [-0.39, 0.29) is 25.1 Å². The van der Waals surface area contributed by atoms with Crippen molar-refractivity contribution in [3.63, 3.8) is 0 Å². The van der Waals surface area contributed by atoms with Crippen LogP contribution in [-0.2, 0) is 35.3 Å². The van der Waals surface area contributed by atoms with Crippen LogP contribution in [0.2, 0.25) is 0 Å². The first-order chi connectivity index (χ1) is 16.2. The zero-order chi connectivity index (χ0) is 24.5. The van der Waals surface area contributed by atoms with Gasteiger partial charge >= 0.3 is 12.2 Å². The minimum atomic E-state index is -0.636. The molecule has 34 heavy (non-hydrogen) atoms. The first kappa shape index (κ1) is 23.8. The van der Waals surface area contributed by atoms with Gasteiger partial charge in [-0.1, -0.05) is 36.4 Å². The normalized spacial score (nSPS) is 15.4. The maximum Gasteiger partial charge on any atom is 0.417 e. The predicted molar refractivity (Wildman–Crippen MR) is 128 cm³/mol. The van der Waals surface area contributed by atoms with Gasteiger partial charge in [-0.3, -0.25) is 4.79 Å². The monoisotopic (exact) mass is 464 g/mol. The molecule has 2 aromatic rings. The molecule has 0 spiro atoms. The van der Waals surface area contributed by atoms with Gasteiger partial charge in [-0.05, 0) is 75.3 Å². The van der Waals surface area contributed by atoms with Crippen molar-refractivity contribution >= 4 is 18.1 Å². The third kappa shape index (κ3) is 4.93. The number of rotatable bonds is 3. The van der Waals surface area contributed by atoms with E-state index >= 15 is 0 Å². The topological polar surface area (TPSA) is 76.2 Å². The van der Waals surface area contributed by atoms with Crippen molar-refractivity contribution in [2.24, 2.45) is 0 Å². The van der Waals surface area contributed by atoms with Gasteiger partial charge < -0.3 is 14.4 Å². The fraction of sp³-hybridized carbons (Fsp3) is 0.444. The van der Waals surface area contributed by atoms with Crippen LogP contribution >= 0.6 is 0 Å². The summed E-state index contributed by atoms with van der Waals surface area (Å²) in [6.45, 7) is 8.17.